The molecule has 28 heavy (non-hydrogen) atoms. The molecule has 3 aromatic rings. The molecular formula is C22H22F2N2OS. The van der Waals surface area contributed by atoms with Gasteiger partial charge in [0.2, 0.25) is 5.88 Å². The van der Waals surface area contributed by atoms with Crippen LogP contribution in [0, 0.1) is 11.6 Å². The minimum absolute atomic E-state index is 0.307. The average molecular weight is 400 g/mol. The van der Waals surface area contributed by atoms with E-state index >= 15 is 0 Å². The largest absolute Gasteiger partial charge is 0.439 e. The Labute approximate surface area is 168 Å². The van der Waals surface area contributed by atoms with E-state index in [-0.39, 0.29) is 0 Å². The third kappa shape index (κ3) is 5.29. The first-order chi connectivity index (χ1) is 13.4. The highest BCUT2D eigenvalue weighted by Crippen LogP contribution is 2.27. The summed E-state index contributed by atoms with van der Waals surface area (Å²) in [6.07, 6.45) is 0.726. The number of thioether (sulfide) groups is 1. The molecule has 3 nitrogen and oxygen atoms in total. The molecule has 0 atom stereocenters. The normalized spacial score (nSPS) is 11.1. The number of nitrogens with zero attached hydrogens (tertiary/aromatic N) is 2. The summed E-state index contributed by atoms with van der Waals surface area (Å²) < 4.78 is 32.8. The molecule has 0 fully saturated rings. The van der Waals surface area contributed by atoms with Crippen molar-refractivity contribution in [3.8, 4) is 11.6 Å². The van der Waals surface area contributed by atoms with Crippen molar-refractivity contribution in [3.05, 3.63) is 77.0 Å². The second-order valence-electron chi connectivity index (χ2n) is 6.68. The Morgan fingerprint density at radius 3 is 2.39 bits per heavy atom. The molecule has 0 amide bonds. The van der Waals surface area contributed by atoms with Crippen molar-refractivity contribution in [1.82, 2.24) is 9.97 Å². The third-order valence-corrected chi connectivity index (χ3v) is 5.13. The molecule has 146 valence electrons. The monoisotopic (exact) mass is 400 g/mol. The average Bonchev–Trinajstić information content (AvgIpc) is 2.67. The predicted octanol–water partition coefficient (Wildman–Crippen LogP) is 6.53. The minimum atomic E-state index is -0.588. The van der Waals surface area contributed by atoms with E-state index in [1.807, 2.05) is 31.2 Å². The van der Waals surface area contributed by atoms with Crippen molar-refractivity contribution < 1.29 is 13.5 Å². The highest BCUT2D eigenvalue weighted by molar-refractivity contribution is 7.98. The number of hydrogen-bond donors (Lipinski definition) is 0. The van der Waals surface area contributed by atoms with Crippen LogP contribution in [0.2, 0.25) is 0 Å². The first-order valence-electron chi connectivity index (χ1n) is 9.17. The summed E-state index contributed by atoms with van der Waals surface area (Å²) in [6, 6.07) is 13.3. The lowest BCUT2D eigenvalue weighted by atomic mass is 10.0. The zero-order valence-corrected chi connectivity index (χ0v) is 16.9. The van der Waals surface area contributed by atoms with E-state index in [0.29, 0.717) is 34.0 Å². The lowest BCUT2D eigenvalue weighted by Crippen LogP contribution is -1.98. The van der Waals surface area contributed by atoms with Gasteiger partial charge in [0.1, 0.15) is 17.4 Å². The number of ether oxygens (including phenoxy) is 1. The van der Waals surface area contributed by atoms with Gasteiger partial charge in [-0.15, -0.1) is 0 Å². The maximum absolute atomic E-state index is 13.8. The van der Waals surface area contributed by atoms with Gasteiger partial charge in [0.25, 0.3) is 0 Å². The molecule has 2 aromatic carbocycles. The van der Waals surface area contributed by atoms with Crippen LogP contribution in [0.3, 0.4) is 0 Å². The summed E-state index contributed by atoms with van der Waals surface area (Å²) in [6.45, 7) is 6.28. The number of benzene rings is 2. The molecule has 0 N–H and O–H groups in total. The van der Waals surface area contributed by atoms with Crippen LogP contribution >= 0.6 is 11.8 Å². The van der Waals surface area contributed by atoms with Crippen LogP contribution in [0.4, 0.5) is 8.78 Å². The number of halogens is 2. The quantitative estimate of drug-likeness (QED) is 0.334. The van der Waals surface area contributed by atoms with E-state index < -0.39 is 11.6 Å². The van der Waals surface area contributed by atoms with Crippen molar-refractivity contribution in [1.29, 1.82) is 0 Å². The fraction of sp³-hybridized carbons (Fsp3) is 0.273. The number of aromatic nitrogens is 2. The van der Waals surface area contributed by atoms with Gasteiger partial charge in [-0.05, 0) is 41.7 Å². The molecule has 1 aromatic heterocycles. The molecule has 0 aliphatic carbocycles. The van der Waals surface area contributed by atoms with E-state index in [9.17, 15) is 8.78 Å². The van der Waals surface area contributed by atoms with Crippen molar-refractivity contribution >= 4 is 11.8 Å². The second-order valence-corrected chi connectivity index (χ2v) is 7.63. The van der Waals surface area contributed by atoms with Gasteiger partial charge in [-0.2, -0.15) is 4.98 Å². The smallest absolute Gasteiger partial charge is 0.223 e. The van der Waals surface area contributed by atoms with Gasteiger partial charge < -0.3 is 4.74 Å². The highest BCUT2D eigenvalue weighted by Gasteiger charge is 2.10. The molecule has 0 aliphatic heterocycles. The van der Waals surface area contributed by atoms with Crippen LogP contribution in [-0.2, 0) is 12.2 Å². The summed E-state index contributed by atoms with van der Waals surface area (Å²) in [5, 5.41) is 0.497. The first kappa shape index (κ1) is 20.3. The summed E-state index contributed by atoms with van der Waals surface area (Å²) in [4.78, 5) is 8.90. The maximum Gasteiger partial charge on any atom is 0.223 e. The fourth-order valence-corrected chi connectivity index (χ4v) is 3.42. The zero-order chi connectivity index (χ0) is 20.1. The van der Waals surface area contributed by atoms with E-state index in [4.69, 9.17) is 4.74 Å². The summed E-state index contributed by atoms with van der Waals surface area (Å²) in [7, 11) is 0. The Hall–Kier alpha value is -2.47. The number of hydrogen-bond acceptors (Lipinski definition) is 4. The third-order valence-electron chi connectivity index (χ3n) is 4.24. The van der Waals surface area contributed by atoms with Crippen molar-refractivity contribution in [2.24, 2.45) is 0 Å². The predicted molar refractivity (Wildman–Crippen MR) is 108 cm³/mol. The topological polar surface area (TPSA) is 35.0 Å². The van der Waals surface area contributed by atoms with Gasteiger partial charge in [-0.1, -0.05) is 50.7 Å². The van der Waals surface area contributed by atoms with E-state index in [2.05, 4.69) is 23.8 Å². The molecule has 0 saturated heterocycles. The zero-order valence-electron chi connectivity index (χ0n) is 16.1. The molecule has 0 saturated carbocycles. The van der Waals surface area contributed by atoms with Crippen molar-refractivity contribution in [2.45, 2.75) is 44.0 Å². The van der Waals surface area contributed by atoms with Crippen LogP contribution in [0.25, 0.3) is 0 Å². The summed E-state index contributed by atoms with van der Waals surface area (Å²) in [5.74, 6) is 0.754. The Bertz CT molecular complexity index is 946. The van der Waals surface area contributed by atoms with E-state index in [1.165, 1.54) is 29.5 Å². The Morgan fingerprint density at radius 1 is 1.00 bits per heavy atom. The molecule has 1 heterocycles. The van der Waals surface area contributed by atoms with Gasteiger partial charge in [0.05, 0.1) is 0 Å². The summed E-state index contributed by atoms with van der Waals surface area (Å²) >= 11 is 1.29. The highest BCUT2D eigenvalue weighted by atomic mass is 32.2. The molecular weight excluding hydrogens is 378 g/mol. The number of rotatable bonds is 7. The van der Waals surface area contributed by atoms with E-state index in [0.717, 1.165) is 18.2 Å². The lowest BCUT2D eigenvalue weighted by Gasteiger charge is -2.10. The Balaban J connectivity index is 1.75. The number of aryl methyl sites for hydroxylation is 1. The van der Waals surface area contributed by atoms with Crippen LogP contribution in [0.5, 0.6) is 11.6 Å². The molecule has 0 unspecified atom stereocenters. The van der Waals surface area contributed by atoms with Crippen molar-refractivity contribution in [3.63, 3.8) is 0 Å². The minimum Gasteiger partial charge on any atom is -0.439 e. The first-order valence-corrected chi connectivity index (χ1v) is 10.2. The van der Waals surface area contributed by atoms with E-state index in [1.54, 1.807) is 6.07 Å². The van der Waals surface area contributed by atoms with Crippen LogP contribution in [0.15, 0.2) is 53.7 Å². The van der Waals surface area contributed by atoms with Crippen molar-refractivity contribution in [2.75, 3.05) is 0 Å². The van der Waals surface area contributed by atoms with Crippen LogP contribution in [-0.4, -0.2) is 9.97 Å². The fourth-order valence-electron chi connectivity index (χ4n) is 2.57. The summed E-state index contributed by atoms with van der Waals surface area (Å²) in [5.41, 5.74) is 2.48. The molecule has 0 radical (unpaired) electrons. The molecule has 0 spiro atoms. The molecule has 3 rings (SSSR count). The molecule has 6 heteroatoms. The Kier molecular flexibility index (Phi) is 6.62. The van der Waals surface area contributed by atoms with Gasteiger partial charge in [0.15, 0.2) is 5.16 Å². The Morgan fingerprint density at radius 2 is 1.75 bits per heavy atom. The molecule has 0 aliphatic rings. The SMILES string of the molecule is CCc1cc(Oc2ccc(C(C)C)cc2)nc(SCc2ccc(F)cc2F)n1. The van der Waals surface area contributed by atoms with Crippen LogP contribution in [0.1, 0.15) is 43.5 Å². The van der Waals surface area contributed by atoms with Gasteiger partial charge in [0, 0.05) is 23.6 Å². The standard InChI is InChI=1S/C22H22F2N2OS/c1-4-18-12-21(27-19-9-6-15(7-10-19)14(2)3)26-22(25-18)28-13-16-5-8-17(23)11-20(16)24/h5-12,14H,4,13H2,1-3H3. The maximum atomic E-state index is 13.8. The lowest BCUT2D eigenvalue weighted by molar-refractivity contribution is 0.453. The van der Waals surface area contributed by atoms with Gasteiger partial charge in [-0.25, -0.2) is 13.8 Å². The second kappa shape index (κ2) is 9.15. The van der Waals surface area contributed by atoms with Gasteiger partial charge >= 0.3 is 0 Å². The molecule has 0 bridgehead atoms. The van der Waals surface area contributed by atoms with Crippen LogP contribution < -0.4 is 4.74 Å². The van der Waals surface area contributed by atoms with Gasteiger partial charge in [-0.3, -0.25) is 0 Å².